The third kappa shape index (κ3) is 1.64. The molecule has 0 unspecified atom stereocenters. The first kappa shape index (κ1) is 8.89. The van der Waals surface area contributed by atoms with Crippen LogP contribution in [0.2, 0.25) is 0 Å². The van der Waals surface area contributed by atoms with Crippen molar-refractivity contribution in [2.75, 3.05) is 12.4 Å². The van der Waals surface area contributed by atoms with Crippen LogP contribution < -0.4 is 11.0 Å². The van der Waals surface area contributed by atoms with E-state index >= 15 is 0 Å². The first-order valence-electron chi connectivity index (χ1n) is 3.99. The molecule has 0 aromatic carbocycles. The van der Waals surface area contributed by atoms with Crippen LogP contribution >= 0.6 is 11.3 Å². The van der Waals surface area contributed by atoms with Gasteiger partial charge in [-0.25, -0.2) is 14.8 Å². The molecule has 6 heteroatoms. The third-order valence-electron chi connectivity index (χ3n) is 1.66. The van der Waals surface area contributed by atoms with Gasteiger partial charge in [0.25, 0.3) is 0 Å². The number of aromatic amines is 1. The van der Waals surface area contributed by atoms with E-state index in [1.54, 1.807) is 19.3 Å². The number of hydrogen-bond acceptors (Lipinski definition) is 5. The number of hydrogen-bond donors (Lipinski definition) is 2. The lowest BCUT2D eigenvalue weighted by Crippen LogP contribution is -2.08. The predicted molar refractivity (Wildman–Crippen MR) is 55.5 cm³/mol. The fraction of sp³-hybridized carbons (Fsp3) is 0.125. The van der Waals surface area contributed by atoms with Crippen LogP contribution in [-0.4, -0.2) is 22.0 Å². The molecular formula is C8H8N4OS. The lowest BCUT2D eigenvalue weighted by atomic mass is 10.4. The quantitative estimate of drug-likeness (QED) is 0.770. The summed E-state index contributed by atoms with van der Waals surface area (Å²) in [5, 5.41) is 3.75. The maximum atomic E-state index is 10.9. The predicted octanol–water partition coefficient (Wildman–Crippen LogP) is 0.935. The standard InChI is InChI=1S/C8H8N4OS/c1-9-8-11-4-6(14-8)5-2-3-10-7(13)12-5/h2-4H,1H3,(H,9,11)(H,10,12,13). The molecule has 0 spiro atoms. The van der Waals surface area contributed by atoms with Crippen LogP contribution in [0.1, 0.15) is 0 Å². The van der Waals surface area contributed by atoms with Crippen LogP contribution in [0.25, 0.3) is 10.6 Å². The highest BCUT2D eigenvalue weighted by Gasteiger charge is 2.03. The van der Waals surface area contributed by atoms with Crippen molar-refractivity contribution in [2.45, 2.75) is 0 Å². The third-order valence-corrected chi connectivity index (χ3v) is 2.71. The monoisotopic (exact) mass is 208 g/mol. The minimum Gasteiger partial charge on any atom is -0.365 e. The molecule has 2 rings (SSSR count). The zero-order valence-electron chi connectivity index (χ0n) is 7.44. The molecule has 0 aliphatic rings. The van der Waals surface area contributed by atoms with Gasteiger partial charge in [-0.1, -0.05) is 11.3 Å². The van der Waals surface area contributed by atoms with Gasteiger partial charge < -0.3 is 10.3 Å². The molecule has 0 saturated carbocycles. The summed E-state index contributed by atoms with van der Waals surface area (Å²) in [7, 11) is 1.80. The summed E-state index contributed by atoms with van der Waals surface area (Å²) < 4.78 is 0. The molecule has 2 aromatic rings. The minimum absolute atomic E-state index is 0.345. The van der Waals surface area contributed by atoms with E-state index < -0.39 is 0 Å². The molecule has 2 N–H and O–H groups in total. The summed E-state index contributed by atoms with van der Waals surface area (Å²) in [6.45, 7) is 0. The molecule has 14 heavy (non-hydrogen) atoms. The molecule has 0 saturated heterocycles. The van der Waals surface area contributed by atoms with Crippen LogP contribution in [0, 0.1) is 0 Å². The number of rotatable bonds is 2. The smallest absolute Gasteiger partial charge is 0.345 e. The molecule has 0 amide bonds. The summed E-state index contributed by atoms with van der Waals surface area (Å²) in [6, 6.07) is 1.74. The van der Waals surface area contributed by atoms with E-state index in [-0.39, 0.29) is 5.69 Å². The van der Waals surface area contributed by atoms with Gasteiger partial charge in [-0.3, -0.25) is 0 Å². The second-order valence-corrected chi connectivity index (χ2v) is 3.60. The van der Waals surface area contributed by atoms with E-state index in [2.05, 4.69) is 20.3 Å². The van der Waals surface area contributed by atoms with Crippen LogP contribution in [0.4, 0.5) is 5.13 Å². The van der Waals surface area contributed by atoms with Gasteiger partial charge in [-0.2, -0.15) is 0 Å². The van der Waals surface area contributed by atoms with Crippen molar-refractivity contribution < 1.29 is 0 Å². The summed E-state index contributed by atoms with van der Waals surface area (Å²) in [4.78, 5) is 22.1. The van der Waals surface area contributed by atoms with Gasteiger partial charge in [0.1, 0.15) is 0 Å². The normalized spacial score (nSPS) is 10.1. The molecule has 0 aliphatic carbocycles. The Kier molecular flexibility index (Phi) is 2.28. The average Bonchev–Trinajstić information content (AvgIpc) is 2.66. The fourth-order valence-corrected chi connectivity index (χ4v) is 1.78. The zero-order chi connectivity index (χ0) is 9.97. The molecule has 0 aliphatic heterocycles. The summed E-state index contributed by atoms with van der Waals surface area (Å²) in [5.41, 5.74) is 0.394. The van der Waals surface area contributed by atoms with Crippen molar-refractivity contribution in [2.24, 2.45) is 0 Å². The van der Waals surface area contributed by atoms with Crippen LogP contribution in [0.5, 0.6) is 0 Å². The van der Waals surface area contributed by atoms with Gasteiger partial charge in [-0.15, -0.1) is 0 Å². The Hall–Kier alpha value is -1.69. The molecule has 0 fully saturated rings. The fourth-order valence-electron chi connectivity index (χ4n) is 1.03. The van der Waals surface area contributed by atoms with E-state index in [1.807, 2.05) is 0 Å². The van der Waals surface area contributed by atoms with E-state index in [0.717, 1.165) is 15.7 Å². The maximum Gasteiger partial charge on any atom is 0.345 e. The maximum absolute atomic E-state index is 10.9. The Bertz CT molecular complexity index is 490. The van der Waals surface area contributed by atoms with Crippen LogP contribution in [-0.2, 0) is 0 Å². The van der Waals surface area contributed by atoms with Gasteiger partial charge in [0.2, 0.25) is 0 Å². The highest BCUT2D eigenvalue weighted by atomic mass is 32.1. The summed E-state index contributed by atoms with van der Waals surface area (Å²) in [6.07, 6.45) is 3.19. The first-order chi connectivity index (χ1) is 6.79. The molecule has 72 valence electrons. The Morgan fingerprint density at radius 2 is 2.36 bits per heavy atom. The van der Waals surface area contributed by atoms with Gasteiger partial charge >= 0.3 is 5.69 Å². The summed E-state index contributed by atoms with van der Waals surface area (Å²) in [5.74, 6) is 0. The van der Waals surface area contributed by atoms with E-state index in [0.29, 0.717) is 0 Å². The highest BCUT2D eigenvalue weighted by Crippen LogP contribution is 2.25. The van der Waals surface area contributed by atoms with Crippen molar-refractivity contribution in [1.29, 1.82) is 0 Å². The van der Waals surface area contributed by atoms with Crippen molar-refractivity contribution in [3.63, 3.8) is 0 Å². The second kappa shape index (κ2) is 3.59. The van der Waals surface area contributed by atoms with Crippen molar-refractivity contribution in [3.05, 3.63) is 28.9 Å². The number of H-pyrrole nitrogens is 1. The van der Waals surface area contributed by atoms with E-state index in [4.69, 9.17) is 0 Å². The molecule has 5 nitrogen and oxygen atoms in total. The van der Waals surface area contributed by atoms with E-state index in [9.17, 15) is 4.79 Å². The van der Waals surface area contributed by atoms with Crippen LogP contribution in [0.15, 0.2) is 23.3 Å². The first-order valence-corrected chi connectivity index (χ1v) is 4.80. The van der Waals surface area contributed by atoms with Gasteiger partial charge in [0, 0.05) is 19.4 Å². The Morgan fingerprint density at radius 1 is 1.50 bits per heavy atom. The lowest BCUT2D eigenvalue weighted by Gasteiger charge is -1.93. The second-order valence-electron chi connectivity index (χ2n) is 2.57. The molecule has 0 bridgehead atoms. The van der Waals surface area contributed by atoms with Crippen LogP contribution in [0.3, 0.4) is 0 Å². The Morgan fingerprint density at radius 3 is 3.00 bits per heavy atom. The van der Waals surface area contributed by atoms with E-state index in [1.165, 1.54) is 17.5 Å². The molecule has 2 aromatic heterocycles. The molecular weight excluding hydrogens is 200 g/mol. The number of anilines is 1. The molecule has 0 atom stereocenters. The average molecular weight is 208 g/mol. The molecule has 2 heterocycles. The largest absolute Gasteiger partial charge is 0.365 e. The Labute approximate surface area is 83.9 Å². The van der Waals surface area contributed by atoms with Crippen molar-refractivity contribution >= 4 is 16.5 Å². The van der Waals surface area contributed by atoms with Gasteiger partial charge in [0.15, 0.2) is 5.13 Å². The topological polar surface area (TPSA) is 70.7 Å². The minimum atomic E-state index is -0.345. The highest BCUT2D eigenvalue weighted by molar-refractivity contribution is 7.18. The SMILES string of the molecule is CNc1ncc(-c2ccnc(=O)[nH]2)s1. The number of nitrogens with one attached hydrogen (secondary N) is 2. The Balaban J connectivity index is 2.44. The van der Waals surface area contributed by atoms with Gasteiger partial charge in [0.05, 0.1) is 10.6 Å². The van der Waals surface area contributed by atoms with Crippen molar-refractivity contribution in [1.82, 2.24) is 15.0 Å². The lowest BCUT2D eigenvalue weighted by molar-refractivity contribution is 1.08. The zero-order valence-corrected chi connectivity index (χ0v) is 8.26. The van der Waals surface area contributed by atoms with Crippen molar-refractivity contribution in [3.8, 4) is 10.6 Å². The number of thiazole rings is 1. The van der Waals surface area contributed by atoms with Gasteiger partial charge in [-0.05, 0) is 6.07 Å². The number of nitrogens with zero attached hydrogens (tertiary/aromatic N) is 2. The number of aromatic nitrogens is 3. The molecule has 0 radical (unpaired) electrons. The summed E-state index contributed by atoms with van der Waals surface area (Å²) >= 11 is 1.47.